The van der Waals surface area contributed by atoms with Crippen molar-refractivity contribution in [2.45, 2.75) is 58.3 Å². The SMILES string of the molecule is COc1cc([C@@H](OCc2cn([C@H]3C[C@@H](O)[C@@H](COP(=O)(O)OP(=O)(O)OP(=O)(O)O)O3)c3[nH]c(=O)nc(N)c23)C(C)(C)C)c([N+](=O)[O-])cc1C#CCN. The first-order valence-electron chi connectivity index (χ1n) is 15.1. The maximum Gasteiger partial charge on any atom is 0.490 e. The minimum atomic E-state index is -5.79. The van der Waals surface area contributed by atoms with Crippen LogP contribution in [0.1, 0.15) is 56.2 Å². The molecule has 0 bridgehead atoms. The van der Waals surface area contributed by atoms with Crippen LogP contribution in [0.15, 0.2) is 23.1 Å². The standard InChI is InChI=1S/C27H37N6O17P3/c1-27(2,3)23(16-9-19(45-4)14(6-5-7-28)8-17(16)33(36)37)46-12-15-11-32(25-22(15)24(29)30-26(35)31-25)21-10-18(34)20(48-21)13-47-52(41,42)50-53(43,44)49-51(38,39)40/h8-9,11,18,20-21,23,34H,7,10,12-13,28H2,1-4H3,(H,41,42)(H,43,44)(H2,38,39,40)(H3,29,30,31,35)/t18-,20-,21-,23-/m1/s1. The average molecular weight is 811 g/mol. The second-order valence-electron chi connectivity index (χ2n) is 12.5. The number of H-pyrrole nitrogens is 1. The molecule has 0 saturated carbocycles. The van der Waals surface area contributed by atoms with Gasteiger partial charge in [-0.3, -0.25) is 19.6 Å². The molecule has 6 atom stereocenters. The zero-order chi connectivity index (χ0) is 39.7. The molecule has 3 heterocycles. The van der Waals surface area contributed by atoms with E-state index in [1.807, 2.05) is 0 Å². The molecule has 2 unspecified atom stereocenters. The molecule has 0 aliphatic carbocycles. The molecule has 0 amide bonds. The topological polar surface area (TPSA) is 354 Å². The van der Waals surface area contributed by atoms with Gasteiger partial charge in [-0.1, -0.05) is 32.6 Å². The summed E-state index contributed by atoms with van der Waals surface area (Å²) in [5.41, 5.74) is 10.5. The number of hydrogen-bond acceptors (Lipinski definition) is 16. The molecule has 1 aliphatic rings. The summed E-state index contributed by atoms with van der Waals surface area (Å²) >= 11 is 0. The molecule has 4 rings (SSSR count). The number of aromatic nitrogens is 3. The van der Waals surface area contributed by atoms with Crippen molar-refractivity contribution < 1.29 is 70.7 Å². The third-order valence-electron chi connectivity index (χ3n) is 7.49. The number of nitrogens with two attached hydrogens (primary N) is 2. The van der Waals surface area contributed by atoms with Gasteiger partial charge >= 0.3 is 29.2 Å². The summed E-state index contributed by atoms with van der Waals surface area (Å²) in [5.74, 6) is 5.43. The molecule has 1 fully saturated rings. The Kier molecular flexibility index (Phi) is 12.8. The summed E-state index contributed by atoms with van der Waals surface area (Å²) in [6.07, 6.45) is -3.62. The Hall–Kier alpha value is -3.55. The number of anilines is 1. The average Bonchev–Trinajstić information content (AvgIpc) is 3.56. The predicted molar refractivity (Wildman–Crippen MR) is 182 cm³/mol. The molecule has 26 heteroatoms. The van der Waals surface area contributed by atoms with Gasteiger partial charge in [0.25, 0.3) is 5.69 Å². The molecular weight excluding hydrogens is 773 g/mol. The van der Waals surface area contributed by atoms with Crippen LogP contribution in [0.3, 0.4) is 0 Å². The Labute approximate surface area is 299 Å². The Morgan fingerprint density at radius 2 is 1.87 bits per heavy atom. The van der Waals surface area contributed by atoms with Gasteiger partial charge in [0.05, 0.1) is 60.5 Å². The number of benzene rings is 1. The van der Waals surface area contributed by atoms with Crippen molar-refractivity contribution in [3.63, 3.8) is 0 Å². The summed E-state index contributed by atoms with van der Waals surface area (Å²) in [5, 5.41) is 23.1. The highest BCUT2D eigenvalue weighted by Crippen LogP contribution is 2.66. The van der Waals surface area contributed by atoms with E-state index >= 15 is 0 Å². The second kappa shape index (κ2) is 16.0. The Morgan fingerprint density at radius 1 is 1.19 bits per heavy atom. The van der Waals surface area contributed by atoms with Crippen LogP contribution in [0.25, 0.3) is 11.0 Å². The highest BCUT2D eigenvalue weighted by Gasteiger charge is 2.43. The van der Waals surface area contributed by atoms with Gasteiger partial charge in [0.15, 0.2) is 0 Å². The van der Waals surface area contributed by atoms with E-state index in [0.29, 0.717) is 5.56 Å². The number of aliphatic hydroxyl groups excluding tert-OH is 1. The number of nitrogens with zero attached hydrogens (tertiary/aromatic N) is 3. The first-order chi connectivity index (χ1) is 24.4. The summed E-state index contributed by atoms with van der Waals surface area (Å²) in [6, 6.07) is 2.72. The van der Waals surface area contributed by atoms with E-state index in [9.17, 15) is 43.5 Å². The van der Waals surface area contributed by atoms with E-state index in [2.05, 4.69) is 35.0 Å². The molecule has 292 valence electrons. The fraction of sp³-hybridized carbons (Fsp3) is 0.481. The molecule has 53 heavy (non-hydrogen) atoms. The number of phosphoric acid groups is 3. The first-order valence-corrected chi connectivity index (χ1v) is 19.6. The van der Waals surface area contributed by atoms with Gasteiger partial charge in [-0.2, -0.15) is 13.6 Å². The maximum atomic E-state index is 12.4. The van der Waals surface area contributed by atoms with E-state index in [0.717, 1.165) is 0 Å². The Morgan fingerprint density at radius 3 is 2.45 bits per heavy atom. The van der Waals surface area contributed by atoms with Crippen molar-refractivity contribution >= 4 is 46.0 Å². The molecule has 1 aliphatic heterocycles. The highest BCUT2D eigenvalue weighted by atomic mass is 31.3. The number of hydrogen-bond donors (Lipinski definition) is 8. The molecule has 3 aromatic rings. The van der Waals surface area contributed by atoms with Gasteiger partial charge in [-0.05, 0) is 11.5 Å². The molecule has 2 aromatic heterocycles. The lowest BCUT2D eigenvalue weighted by molar-refractivity contribution is -0.386. The van der Waals surface area contributed by atoms with Gasteiger partial charge in [-0.15, -0.1) is 0 Å². The summed E-state index contributed by atoms with van der Waals surface area (Å²) in [7, 11) is -15.6. The zero-order valence-electron chi connectivity index (χ0n) is 28.3. The van der Waals surface area contributed by atoms with Crippen molar-refractivity contribution in [3.8, 4) is 17.6 Å². The number of nitro groups is 1. The van der Waals surface area contributed by atoms with Crippen molar-refractivity contribution in [1.29, 1.82) is 0 Å². The largest absolute Gasteiger partial charge is 0.495 e. The summed E-state index contributed by atoms with van der Waals surface area (Å²) in [6.45, 7) is 4.19. The minimum absolute atomic E-state index is 0.0107. The summed E-state index contributed by atoms with van der Waals surface area (Å²) < 4.78 is 65.7. The predicted octanol–water partition coefficient (Wildman–Crippen LogP) is 1.83. The van der Waals surface area contributed by atoms with Gasteiger partial charge < -0.3 is 54.9 Å². The number of aromatic amines is 1. The zero-order valence-corrected chi connectivity index (χ0v) is 31.0. The lowest BCUT2D eigenvalue weighted by atomic mass is 9.83. The monoisotopic (exact) mass is 810 g/mol. The lowest BCUT2D eigenvalue weighted by Gasteiger charge is -2.31. The van der Waals surface area contributed by atoms with Crippen molar-refractivity contribution in [2.75, 3.05) is 26.0 Å². The highest BCUT2D eigenvalue weighted by molar-refractivity contribution is 7.66. The Bertz CT molecular complexity index is 2130. The van der Waals surface area contributed by atoms with E-state index < -0.39 is 70.6 Å². The van der Waals surface area contributed by atoms with Gasteiger partial charge in [0.2, 0.25) is 0 Å². The Balaban J connectivity index is 1.64. The van der Waals surface area contributed by atoms with Gasteiger partial charge in [0, 0.05) is 24.2 Å². The molecule has 10 N–H and O–H groups in total. The number of phosphoric ester groups is 1. The van der Waals surface area contributed by atoms with Gasteiger partial charge in [0.1, 0.15) is 29.5 Å². The normalized spacial score (nSPS) is 20.7. The van der Waals surface area contributed by atoms with Crippen molar-refractivity contribution in [3.05, 3.63) is 55.6 Å². The fourth-order valence-electron chi connectivity index (χ4n) is 5.47. The van der Waals surface area contributed by atoms with Crippen LogP contribution in [0.4, 0.5) is 11.5 Å². The van der Waals surface area contributed by atoms with Crippen molar-refractivity contribution in [1.82, 2.24) is 14.5 Å². The number of nitrogen functional groups attached to an aromatic ring is 1. The van der Waals surface area contributed by atoms with Crippen LogP contribution in [0.2, 0.25) is 0 Å². The van der Waals surface area contributed by atoms with Crippen LogP contribution in [0.5, 0.6) is 5.75 Å². The number of aliphatic hydroxyl groups is 1. The molecule has 1 saturated heterocycles. The number of methoxy groups -OCH3 is 1. The lowest BCUT2D eigenvalue weighted by Crippen LogP contribution is -2.26. The van der Waals surface area contributed by atoms with E-state index in [4.69, 9.17) is 35.5 Å². The van der Waals surface area contributed by atoms with Crippen molar-refractivity contribution in [2.24, 2.45) is 11.1 Å². The second-order valence-corrected chi connectivity index (χ2v) is 16.9. The molecule has 1 aromatic carbocycles. The van der Waals surface area contributed by atoms with Crippen LogP contribution in [-0.4, -0.2) is 76.6 Å². The maximum absolute atomic E-state index is 12.4. The van der Waals surface area contributed by atoms with E-state index in [1.54, 1.807) is 20.8 Å². The number of nitrogens with one attached hydrogen (secondary N) is 1. The molecule has 0 radical (unpaired) electrons. The number of fused-ring (bicyclic) bond motifs is 1. The number of nitro benzene ring substituents is 1. The smallest absolute Gasteiger partial charge is 0.490 e. The molecule has 23 nitrogen and oxygen atoms in total. The first kappa shape index (κ1) is 42.2. The molecular formula is C27H37N6O17P3. The van der Waals surface area contributed by atoms with E-state index in [-0.39, 0.29) is 59.0 Å². The van der Waals surface area contributed by atoms with Crippen LogP contribution >= 0.6 is 23.5 Å². The number of ether oxygens (including phenoxy) is 3. The van der Waals surface area contributed by atoms with Gasteiger partial charge in [-0.25, -0.2) is 18.5 Å². The minimum Gasteiger partial charge on any atom is -0.495 e. The van der Waals surface area contributed by atoms with Crippen LogP contribution in [-0.2, 0) is 42.9 Å². The number of rotatable bonds is 14. The molecule has 0 spiro atoms. The third-order valence-corrected chi connectivity index (χ3v) is 11.3. The quantitative estimate of drug-likeness (QED) is 0.0498. The third kappa shape index (κ3) is 10.6. The van der Waals surface area contributed by atoms with Crippen LogP contribution in [0, 0.1) is 27.4 Å². The van der Waals surface area contributed by atoms with E-state index in [1.165, 1.54) is 30.0 Å². The fourth-order valence-corrected chi connectivity index (χ4v) is 8.50. The van der Waals surface area contributed by atoms with Crippen LogP contribution < -0.4 is 21.9 Å². The summed E-state index contributed by atoms with van der Waals surface area (Å²) in [4.78, 5) is 67.0.